The van der Waals surface area contributed by atoms with Crippen LogP contribution in [0.25, 0.3) is 0 Å². The molecule has 0 saturated carbocycles. The lowest BCUT2D eigenvalue weighted by atomic mass is 9.96. The smallest absolute Gasteiger partial charge is 0.242 e. The van der Waals surface area contributed by atoms with Gasteiger partial charge < -0.3 is 14.7 Å². The average Bonchev–Trinajstić information content (AvgIpc) is 3.19. The molecular formula is C25H29N3O2. The summed E-state index contributed by atoms with van der Waals surface area (Å²) in [4.78, 5) is 31.6. The van der Waals surface area contributed by atoms with E-state index in [0.29, 0.717) is 12.3 Å². The van der Waals surface area contributed by atoms with Gasteiger partial charge >= 0.3 is 0 Å². The number of piperidine rings is 1. The third-order valence-electron chi connectivity index (χ3n) is 6.91. The highest BCUT2D eigenvalue weighted by atomic mass is 16.2. The molecule has 0 bridgehead atoms. The van der Waals surface area contributed by atoms with Gasteiger partial charge in [-0.25, -0.2) is 0 Å². The van der Waals surface area contributed by atoms with Crippen LogP contribution in [0.4, 0.5) is 11.4 Å². The number of benzene rings is 2. The minimum atomic E-state index is 0.0598. The molecule has 1 saturated heterocycles. The number of nitrogens with zero attached hydrogens (tertiary/aromatic N) is 3. The summed E-state index contributed by atoms with van der Waals surface area (Å²) >= 11 is 0. The fourth-order valence-electron chi connectivity index (χ4n) is 5.18. The zero-order valence-electron chi connectivity index (χ0n) is 17.4. The molecule has 0 spiro atoms. The van der Waals surface area contributed by atoms with Crippen LogP contribution in [0, 0.1) is 5.92 Å². The molecule has 3 aliphatic heterocycles. The molecule has 5 heteroatoms. The van der Waals surface area contributed by atoms with Gasteiger partial charge in [-0.2, -0.15) is 0 Å². The van der Waals surface area contributed by atoms with Gasteiger partial charge in [0.05, 0.1) is 0 Å². The predicted octanol–water partition coefficient (Wildman–Crippen LogP) is 3.27. The molecule has 3 aliphatic rings. The molecule has 2 amide bonds. The number of hydrogen-bond donors (Lipinski definition) is 0. The number of carbonyl (C=O) groups excluding carboxylic acids is 2. The topological polar surface area (TPSA) is 43.9 Å². The van der Waals surface area contributed by atoms with Gasteiger partial charge in [-0.1, -0.05) is 36.4 Å². The molecule has 0 radical (unpaired) electrons. The lowest BCUT2D eigenvalue weighted by molar-refractivity contribution is -0.132. The van der Waals surface area contributed by atoms with Gasteiger partial charge in [0.15, 0.2) is 0 Å². The van der Waals surface area contributed by atoms with Crippen molar-refractivity contribution in [1.29, 1.82) is 0 Å². The maximum absolute atomic E-state index is 13.0. The fourth-order valence-corrected chi connectivity index (χ4v) is 5.18. The Morgan fingerprint density at radius 2 is 1.50 bits per heavy atom. The Morgan fingerprint density at radius 1 is 0.833 bits per heavy atom. The molecule has 0 aliphatic carbocycles. The van der Waals surface area contributed by atoms with Crippen LogP contribution in [-0.2, 0) is 22.4 Å². The average molecular weight is 404 g/mol. The minimum Gasteiger partial charge on any atom is -0.371 e. The second kappa shape index (κ2) is 8.13. The standard InChI is InChI=1S/C25H29N3O2/c29-24-10-9-20-5-2-4-8-23(20)28(24)18-25(30)26-14-11-19(12-15-26)17-27-16-13-21-6-1-3-7-22(21)27/h1-8,19H,9-18H2. The maximum Gasteiger partial charge on any atom is 0.242 e. The molecule has 0 atom stereocenters. The van der Waals surface area contributed by atoms with Crippen molar-refractivity contribution in [2.75, 3.05) is 42.5 Å². The van der Waals surface area contributed by atoms with E-state index in [9.17, 15) is 9.59 Å². The highest BCUT2D eigenvalue weighted by molar-refractivity contribution is 6.01. The lowest BCUT2D eigenvalue weighted by Crippen LogP contribution is -2.48. The predicted molar refractivity (Wildman–Crippen MR) is 119 cm³/mol. The summed E-state index contributed by atoms with van der Waals surface area (Å²) in [6.45, 7) is 3.94. The minimum absolute atomic E-state index is 0.0598. The van der Waals surface area contributed by atoms with Gasteiger partial charge in [-0.3, -0.25) is 9.59 Å². The zero-order valence-corrected chi connectivity index (χ0v) is 17.4. The number of rotatable bonds is 4. The number of amides is 2. The Labute approximate surface area is 178 Å². The van der Waals surface area contributed by atoms with E-state index < -0.39 is 0 Å². The molecular weight excluding hydrogens is 374 g/mol. The normalized spacial score (nSPS) is 19.1. The lowest BCUT2D eigenvalue weighted by Gasteiger charge is -2.36. The van der Waals surface area contributed by atoms with Crippen LogP contribution in [0.15, 0.2) is 48.5 Å². The summed E-state index contributed by atoms with van der Waals surface area (Å²) in [5.74, 6) is 0.757. The van der Waals surface area contributed by atoms with Crippen LogP contribution in [-0.4, -0.2) is 49.4 Å². The summed E-state index contributed by atoms with van der Waals surface area (Å²) < 4.78 is 0. The summed E-state index contributed by atoms with van der Waals surface area (Å²) in [7, 11) is 0. The van der Waals surface area contributed by atoms with Crippen molar-refractivity contribution < 1.29 is 9.59 Å². The number of para-hydroxylation sites is 2. The van der Waals surface area contributed by atoms with Crippen molar-refractivity contribution in [3.8, 4) is 0 Å². The van der Waals surface area contributed by atoms with E-state index >= 15 is 0 Å². The Bertz CT molecular complexity index is 949. The monoisotopic (exact) mass is 403 g/mol. The molecule has 30 heavy (non-hydrogen) atoms. The van der Waals surface area contributed by atoms with Crippen molar-refractivity contribution in [2.45, 2.75) is 32.1 Å². The van der Waals surface area contributed by atoms with E-state index in [0.717, 1.165) is 63.1 Å². The molecule has 0 aromatic heterocycles. The van der Waals surface area contributed by atoms with Crippen molar-refractivity contribution in [2.24, 2.45) is 5.92 Å². The SMILES string of the molecule is O=C(CN1C(=O)CCc2ccccc21)N1CCC(CN2CCc3ccccc32)CC1. The third kappa shape index (κ3) is 3.69. The largest absolute Gasteiger partial charge is 0.371 e. The van der Waals surface area contributed by atoms with E-state index in [1.807, 2.05) is 23.1 Å². The molecule has 2 aromatic rings. The van der Waals surface area contributed by atoms with E-state index in [2.05, 4.69) is 35.2 Å². The van der Waals surface area contributed by atoms with Gasteiger partial charge in [0, 0.05) is 44.0 Å². The van der Waals surface area contributed by atoms with E-state index in [-0.39, 0.29) is 18.4 Å². The van der Waals surface area contributed by atoms with Gasteiger partial charge in [-0.05, 0) is 54.9 Å². The number of fused-ring (bicyclic) bond motifs is 2. The maximum atomic E-state index is 13.0. The first-order valence-corrected chi connectivity index (χ1v) is 11.2. The van der Waals surface area contributed by atoms with Crippen LogP contribution in [0.2, 0.25) is 0 Å². The molecule has 5 rings (SSSR count). The summed E-state index contributed by atoms with van der Waals surface area (Å²) in [5, 5.41) is 0. The van der Waals surface area contributed by atoms with Crippen LogP contribution in [0.3, 0.4) is 0 Å². The van der Waals surface area contributed by atoms with Gasteiger partial charge in [0.2, 0.25) is 11.8 Å². The third-order valence-corrected chi connectivity index (χ3v) is 6.91. The molecule has 0 N–H and O–H groups in total. The van der Waals surface area contributed by atoms with Crippen LogP contribution in [0.5, 0.6) is 0 Å². The quantitative estimate of drug-likeness (QED) is 0.787. The second-order valence-electron chi connectivity index (χ2n) is 8.76. The molecule has 3 heterocycles. The highest BCUT2D eigenvalue weighted by Gasteiger charge is 2.30. The van der Waals surface area contributed by atoms with E-state index in [1.165, 1.54) is 11.3 Å². The van der Waals surface area contributed by atoms with Crippen molar-refractivity contribution in [3.63, 3.8) is 0 Å². The number of anilines is 2. The number of hydrogen-bond acceptors (Lipinski definition) is 3. The summed E-state index contributed by atoms with van der Waals surface area (Å²) in [6.07, 6.45) is 4.47. The highest BCUT2D eigenvalue weighted by Crippen LogP contribution is 2.31. The van der Waals surface area contributed by atoms with Crippen LogP contribution in [0.1, 0.15) is 30.4 Å². The summed E-state index contributed by atoms with van der Waals surface area (Å²) in [6, 6.07) is 16.7. The number of carbonyl (C=O) groups is 2. The molecule has 0 unspecified atom stereocenters. The Hall–Kier alpha value is -2.82. The van der Waals surface area contributed by atoms with E-state index in [4.69, 9.17) is 0 Å². The molecule has 2 aromatic carbocycles. The Kier molecular flexibility index (Phi) is 5.19. The van der Waals surface area contributed by atoms with Crippen LogP contribution >= 0.6 is 0 Å². The number of aryl methyl sites for hydroxylation is 1. The van der Waals surface area contributed by atoms with Gasteiger partial charge in [0.1, 0.15) is 6.54 Å². The van der Waals surface area contributed by atoms with Gasteiger partial charge in [0.25, 0.3) is 0 Å². The second-order valence-corrected chi connectivity index (χ2v) is 8.76. The number of likely N-dealkylation sites (tertiary alicyclic amines) is 1. The molecule has 1 fully saturated rings. The first-order chi connectivity index (χ1) is 14.7. The van der Waals surface area contributed by atoms with E-state index in [1.54, 1.807) is 4.90 Å². The Morgan fingerprint density at radius 3 is 2.27 bits per heavy atom. The molecule has 5 nitrogen and oxygen atoms in total. The van der Waals surface area contributed by atoms with Crippen molar-refractivity contribution in [1.82, 2.24) is 4.90 Å². The first-order valence-electron chi connectivity index (χ1n) is 11.2. The van der Waals surface area contributed by atoms with Crippen LogP contribution < -0.4 is 9.80 Å². The zero-order chi connectivity index (χ0) is 20.5. The van der Waals surface area contributed by atoms with Crippen molar-refractivity contribution >= 4 is 23.2 Å². The van der Waals surface area contributed by atoms with Gasteiger partial charge in [-0.15, -0.1) is 0 Å². The molecule has 156 valence electrons. The Balaban J connectivity index is 1.17. The fraction of sp³-hybridized carbons (Fsp3) is 0.440. The first kappa shape index (κ1) is 19.2. The summed E-state index contributed by atoms with van der Waals surface area (Å²) in [5.41, 5.74) is 4.91. The van der Waals surface area contributed by atoms with Crippen molar-refractivity contribution in [3.05, 3.63) is 59.7 Å².